The largest absolute Gasteiger partial charge is 0.460 e. The molecule has 0 heterocycles. The number of hydrogen-bond donors (Lipinski definition) is 0. The molecule has 0 spiro atoms. The molecular formula is C22H36O4. The zero-order valence-corrected chi connectivity index (χ0v) is 16.9. The van der Waals surface area contributed by atoms with Crippen LogP contribution in [-0.4, -0.2) is 24.6 Å². The minimum absolute atomic E-state index is 0.0570. The predicted octanol–water partition coefficient (Wildman–Crippen LogP) is 5.35. The van der Waals surface area contributed by atoms with Crippen LogP contribution in [0.4, 0.5) is 0 Å². The fraction of sp³-hybridized carbons (Fsp3) is 0.727. The van der Waals surface area contributed by atoms with E-state index in [4.69, 9.17) is 9.47 Å². The Labute approximate surface area is 159 Å². The average molecular weight is 365 g/mol. The molecule has 0 aromatic heterocycles. The van der Waals surface area contributed by atoms with Crippen molar-refractivity contribution in [3.8, 4) is 11.8 Å². The Kier molecular flexibility index (Phi) is 16.8. The second-order valence-electron chi connectivity index (χ2n) is 6.56. The van der Waals surface area contributed by atoms with Crippen molar-refractivity contribution < 1.29 is 19.1 Å². The van der Waals surface area contributed by atoms with Gasteiger partial charge in [-0.3, -0.25) is 0 Å². The molecular weight excluding hydrogens is 328 g/mol. The summed E-state index contributed by atoms with van der Waals surface area (Å²) in [5.74, 6) is 4.74. The van der Waals surface area contributed by atoms with Gasteiger partial charge >= 0.3 is 11.9 Å². The summed E-state index contributed by atoms with van der Waals surface area (Å²) in [6.45, 7) is 6.14. The fourth-order valence-corrected chi connectivity index (χ4v) is 2.48. The first-order chi connectivity index (χ1) is 12.6. The van der Waals surface area contributed by atoms with Gasteiger partial charge in [-0.15, -0.1) is 0 Å². The molecule has 26 heavy (non-hydrogen) atoms. The lowest BCUT2D eigenvalue weighted by molar-refractivity contribution is -0.143. The minimum Gasteiger partial charge on any atom is -0.460 e. The van der Waals surface area contributed by atoms with E-state index in [9.17, 15) is 9.59 Å². The summed E-state index contributed by atoms with van der Waals surface area (Å²) in [5, 5.41) is 0. The van der Waals surface area contributed by atoms with Crippen molar-refractivity contribution in [3.63, 3.8) is 0 Å². The van der Waals surface area contributed by atoms with E-state index in [1.165, 1.54) is 44.9 Å². The number of unbranched alkanes of at least 4 members (excludes halogenated alkanes) is 8. The monoisotopic (exact) mass is 364 g/mol. The van der Waals surface area contributed by atoms with Crippen LogP contribution in [0.3, 0.4) is 0 Å². The van der Waals surface area contributed by atoms with E-state index >= 15 is 0 Å². The molecule has 0 amide bonds. The van der Waals surface area contributed by atoms with Crippen molar-refractivity contribution >= 4 is 11.9 Å². The maximum Gasteiger partial charge on any atom is 0.331 e. The lowest BCUT2D eigenvalue weighted by Crippen LogP contribution is -2.13. The van der Waals surface area contributed by atoms with Crippen molar-refractivity contribution in [2.24, 2.45) is 0 Å². The van der Waals surface area contributed by atoms with Crippen molar-refractivity contribution in [2.45, 2.75) is 97.5 Å². The summed E-state index contributed by atoms with van der Waals surface area (Å²) in [5.41, 5.74) is 0. The number of hydrogen-bond acceptors (Lipinski definition) is 4. The third kappa shape index (κ3) is 17.1. The molecule has 1 atom stereocenters. The van der Waals surface area contributed by atoms with Gasteiger partial charge in [0.1, 0.15) is 0 Å². The van der Waals surface area contributed by atoms with Crippen LogP contribution in [0.15, 0.2) is 12.2 Å². The summed E-state index contributed by atoms with van der Waals surface area (Å²) in [6, 6.07) is 0. The van der Waals surface area contributed by atoms with Gasteiger partial charge in [0, 0.05) is 18.6 Å². The average Bonchev–Trinajstić information content (AvgIpc) is 2.61. The molecule has 1 unspecified atom stereocenters. The Bertz CT molecular complexity index is 456. The van der Waals surface area contributed by atoms with Crippen LogP contribution in [0.5, 0.6) is 0 Å². The summed E-state index contributed by atoms with van der Waals surface area (Å²) < 4.78 is 10.0. The zero-order valence-electron chi connectivity index (χ0n) is 16.9. The molecule has 0 N–H and O–H groups in total. The van der Waals surface area contributed by atoms with Gasteiger partial charge in [0.25, 0.3) is 0 Å². The highest BCUT2D eigenvalue weighted by atomic mass is 16.5. The quantitative estimate of drug-likeness (QED) is 0.180. The SMILES string of the molecule is CCCCCCCCCCC#CCOC(=O)/C=C/C(=O)OC(C)CCC. The molecule has 0 aromatic carbocycles. The molecule has 0 saturated heterocycles. The molecule has 0 rings (SSSR count). The van der Waals surface area contributed by atoms with Gasteiger partial charge in [0.2, 0.25) is 0 Å². The highest BCUT2D eigenvalue weighted by Crippen LogP contribution is 2.09. The third-order valence-electron chi connectivity index (χ3n) is 3.93. The maximum absolute atomic E-state index is 11.5. The topological polar surface area (TPSA) is 52.6 Å². The van der Waals surface area contributed by atoms with Gasteiger partial charge < -0.3 is 9.47 Å². The number of esters is 2. The Morgan fingerprint density at radius 3 is 2.12 bits per heavy atom. The van der Waals surface area contributed by atoms with Gasteiger partial charge in [-0.25, -0.2) is 9.59 Å². The van der Waals surface area contributed by atoms with Gasteiger partial charge in [-0.2, -0.15) is 0 Å². The molecule has 0 bridgehead atoms. The normalized spacial score (nSPS) is 11.7. The van der Waals surface area contributed by atoms with Gasteiger partial charge in [-0.1, -0.05) is 77.1 Å². The number of carbonyl (C=O) groups is 2. The van der Waals surface area contributed by atoms with Crippen molar-refractivity contribution in [1.82, 2.24) is 0 Å². The van der Waals surface area contributed by atoms with Crippen LogP contribution in [0.25, 0.3) is 0 Å². The molecule has 0 aliphatic rings. The van der Waals surface area contributed by atoms with Crippen LogP contribution in [0.2, 0.25) is 0 Å². The molecule has 0 fully saturated rings. The lowest BCUT2D eigenvalue weighted by atomic mass is 10.1. The Hall–Kier alpha value is -1.76. The molecule has 4 nitrogen and oxygen atoms in total. The van der Waals surface area contributed by atoms with Crippen molar-refractivity contribution in [2.75, 3.05) is 6.61 Å². The lowest BCUT2D eigenvalue weighted by Gasteiger charge is -2.09. The van der Waals surface area contributed by atoms with Gasteiger partial charge in [-0.05, 0) is 19.8 Å². The van der Waals surface area contributed by atoms with E-state index in [-0.39, 0.29) is 12.7 Å². The van der Waals surface area contributed by atoms with Crippen molar-refractivity contribution in [1.29, 1.82) is 0 Å². The van der Waals surface area contributed by atoms with E-state index in [1.807, 2.05) is 13.8 Å². The van der Waals surface area contributed by atoms with E-state index in [0.29, 0.717) is 0 Å². The second-order valence-corrected chi connectivity index (χ2v) is 6.56. The highest BCUT2D eigenvalue weighted by molar-refractivity contribution is 5.91. The summed E-state index contributed by atoms with van der Waals surface area (Å²) in [4.78, 5) is 22.9. The molecule has 0 aliphatic heterocycles. The fourth-order valence-electron chi connectivity index (χ4n) is 2.48. The summed E-state index contributed by atoms with van der Waals surface area (Å²) >= 11 is 0. The Balaban J connectivity index is 3.63. The molecule has 0 saturated carbocycles. The predicted molar refractivity (Wildman–Crippen MR) is 106 cm³/mol. The van der Waals surface area contributed by atoms with E-state index in [1.54, 1.807) is 0 Å². The molecule has 0 aliphatic carbocycles. The molecule has 0 radical (unpaired) electrons. The van der Waals surface area contributed by atoms with Crippen LogP contribution >= 0.6 is 0 Å². The second kappa shape index (κ2) is 18.0. The molecule has 4 heteroatoms. The Morgan fingerprint density at radius 2 is 1.46 bits per heavy atom. The van der Waals surface area contributed by atoms with Gasteiger partial charge in [0.05, 0.1) is 6.10 Å². The Morgan fingerprint density at radius 1 is 0.846 bits per heavy atom. The smallest absolute Gasteiger partial charge is 0.331 e. The first-order valence-corrected chi connectivity index (χ1v) is 10.1. The summed E-state index contributed by atoms with van der Waals surface area (Å²) in [6.07, 6.45) is 14.9. The van der Waals surface area contributed by atoms with E-state index in [2.05, 4.69) is 18.8 Å². The van der Waals surface area contributed by atoms with Crippen LogP contribution in [0, 0.1) is 11.8 Å². The number of ether oxygens (including phenoxy) is 2. The number of rotatable bonds is 14. The number of carbonyl (C=O) groups excluding carboxylic acids is 2. The molecule has 0 aromatic rings. The first kappa shape index (κ1) is 24.2. The van der Waals surface area contributed by atoms with Crippen molar-refractivity contribution in [3.05, 3.63) is 12.2 Å². The standard InChI is InChI=1S/C22H36O4/c1-4-6-7-8-9-10-11-12-13-14-15-19-25-21(23)17-18-22(24)26-20(3)16-5-2/h17-18,20H,4-13,16,19H2,1-3H3/b18-17+. The van der Waals surface area contributed by atoms with Crippen LogP contribution in [0.1, 0.15) is 91.4 Å². The van der Waals surface area contributed by atoms with Gasteiger partial charge in [0.15, 0.2) is 6.61 Å². The van der Waals surface area contributed by atoms with Crippen LogP contribution in [-0.2, 0) is 19.1 Å². The first-order valence-electron chi connectivity index (χ1n) is 10.1. The summed E-state index contributed by atoms with van der Waals surface area (Å²) in [7, 11) is 0. The van der Waals surface area contributed by atoms with Crippen LogP contribution < -0.4 is 0 Å². The molecule has 148 valence electrons. The maximum atomic E-state index is 11.5. The van der Waals surface area contributed by atoms with E-state index in [0.717, 1.165) is 37.8 Å². The zero-order chi connectivity index (χ0) is 19.5. The third-order valence-corrected chi connectivity index (χ3v) is 3.93. The van der Waals surface area contributed by atoms with E-state index < -0.39 is 11.9 Å². The highest BCUT2D eigenvalue weighted by Gasteiger charge is 2.06. The minimum atomic E-state index is -0.577.